The van der Waals surface area contributed by atoms with Crippen LogP contribution in [0.3, 0.4) is 0 Å². The zero-order valence-electron chi connectivity index (χ0n) is 90.7. The average molecular weight is 1820 g/mol. The van der Waals surface area contributed by atoms with Gasteiger partial charge in [-0.1, -0.05) is 32.6 Å². The average Bonchev–Trinajstić information content (AvgIpc) is 0.798. The SMILES string of the molecule is C#CC1(C)CCC(CNC(C)(C)C)CC1.C=C(CN(C)C)N1CCOC(CNC(C)(C)C)C1.C=C1CCCC(COC(C)(C)C)C1.CC(C)(C)NCC1CCC2(CC1)COC2.CC(C)(C)OCC1CCOCC1.CC(C)(C)OCC1COCCO1.CC1(C)CCC(CNC(C)(C)C)CC1.CN1CCC(COC(C)(C)C)CC1.COCCN1CCOC(CNC(C)(C)C)C1. The molecule has 0 aromatic rings. The number of nitrogens with one attached hydrogen (secondary N) is 5. The smallest absolute Gasteiger partial charge is 0.104 e. The lowest BCUT2D eigenvalue weighted by molar-refractivity contribution is -0.136. The lowest BCUT2D eigenvalue weighted by Gasteiger charge is -2.46. The van der Waals surface area contributed by atoms with Crippen LogP contribution in [0.2, 0.25) is 0 Å². The van der Waals surface area contributed by atoms with E-state index in [0.717, 1.165) is 173 Å². The topological polar surface area (TPSA) is 175 Å². The molecule has 4 saturated carbocycles. The van der Waals surface area contributed by atoms with Crippen LogP contribution in [0.5, 0.6) is 0 Å². The molecule has 6 heterocycles. The van der Waals surface area contributed by atoms with Crippen LogP contribution in [0.1, 0.15) is 336 Å². The first-order chi connectivity index (χ1) is 59.0. The standard InChI is InChI=1S/C14H29N3O.C14H25N.C13H25NO.C13H27N.C12H26N2O2.C12H22O.C11H23NO.C10H20O2.C9H18O3/c1-12(10-16(5)6)17-7-8-18-13(11-17)9-15-14(2,3)4;1-6-14(5)9-7-12(8-10-14)11-15-13(2,3)4;1-12(2,3)14-8-11-4-6-13(7-5-11)9-15-10-13;1-12(2,3)14-10-11-6-8-13(4,5)9-7-11;1-12(2,3)13-9-11-10-14(5-7-15-4)6-8-16-11;1-10-6-5-7-11(8-10)9-13-12(2,3)4;1-11(2,3)13-9-10-5-7-12(4)8-6-10;1-10(2,3)12-8-9-4-6-11-7-5-9;1-9(2,3)12-7-8-6-10-4-5-11-8/h13,15H,1,7-11H2,2-6H3;1,12,15H,7-11H2,2-5H3;11,14H,4-10H2,1-3H3;11,14H,6-10H2,1-5H3;11,13H,5-10H2,1-4H3;11H,1,5-9H2,2-4H3;10H,5-9H2,1-4H3;9H,4-8H2,1-3H3;8H,4-7H2,1-3H3. The predicted molar refractivity (Wildman–Crippen MR) is 544 cm³/mol. The Kier molecular flexibility index (Phi) is 57.3. The van der Waals surface area contributed by atoms with Crippen LogP contribution in [0.25, 0.3) is 0 Å². The van der Waals surface area contributed by atoms with Crippen molar-refractivity contribution in [1.82, 2.24) is 46.2 Å². The van der Waals surface area contributed by atoms with E-state index in [9.17, 15) is 0 Å². The van der Waals surface area contributed by atoms with Gasteiger partial charge in [-0.25, -0.2) is 0 Å². The number of likely N-dealkylation sites (N-methyl/N-ethyl adjacent to an activating group) is 1. The van der Waals surface area contributed by atoms with Gasteiger partial charge in [0.1, 0.15) is 6.10 Å². The number of hydrogen-bond acceptors (Lipinski definition) is 20. The van der Waals surface area contributed by atoms with E-state index in [0.29, 0.717) is 43.4 Å². The maximum atomic E-state index is 5.80. The molecule has 4 atom stereocenters. The fraction of sp³-hybridized carbons (Fsp3) is 0.944. The number of nitrogens with zero attached hydrogens (tertiary/aromatic N) is 4. The Hall–Kier alpha value is -1.92. The van der Waals surface area contributed by atoms with E-state index >= 15 is 0 Å². The van der Waals surface area contributed by atoms with E-state index in [4.69, 9.17) is 58.5 Å². The molecule has 0 aromatic heterocycles. The molecule has 20 heteroatoms. The molecule has 128 heavy (non-hydrogen) atoms. The van der Waals surface area contributed by atoms with E-state index in [1.54, 1.807) is 7.11 Å². The second kappa shape index (κ2) is 60.0. The molecule has 4 unspecified atom stereocenters. The van der Waals surface area contributed by atoms with Crippen molar-refractivity contribution in [3.63, 3.8) is 0 Å². The largest absolute Gasteiger partial charge is 0.383 e. The van der Waals surface area contributed by atoms with Crippen molar-refractivity contribution >= 4 is 0 Å². The fourth-order valence-electron chi connectivity index (χ4n) is 16.2. The van der Waals surface area contributed by atoms with Gasteiger partial charge in [0.15, 0.2) is 0 Å². The number of ether oxygens (including phenoxy) is 11. The van der Waals surface area contributed by atoms with E-state index < -0.39 is 0 Å². The van der Waals surface area contributed by atoms with E-state index in [1.165, 1.54) is 153 Å². The Morgan fingerprint density at radius 2 is 0.859 bits per heavy atom. The van der Waals surface area contributed by atoms with Gasteiger partial charge in [0.25, 0.3) is 0 Å². The van der Waals surface area contributed by atoms with Gasteiger partial charge in [-0.2, -0.15) is 0 Å². The summed E-state index contributed by atoms with van der Waals surface area (Å²) in [5.74, 6) is 7.83. The molecule has 758 valence electrons. The van der Waals surface area contributed by atoms with Gasteiger partial charge in [0.2, 0.25) is 0 Å². The van der Waals surface area contributed by atoms with Crippen LogP contribution >= 0.6 is 0 Å². The van der Waals surface area contributed by atoms with Gasteiger partial charge >= 0.3 is 0 Å². The molecule has 6 aliphatic heterocycles. The van der Waals surface area contributed by atoms with Gasteiger partial charge in [0.05, 0.1) is 114 Å². The number of likely N-dealkylation sites (tertiary alicyclic amines) is 1. The number of morpholine rings is 2. The minimum atomic E-state index is -0.0825. The summed E-state index contributed by atoms with van der Waals surface area (Å²) in [6.45, 7) is 99.1. The van der Waals surface area contributed by atoms with Crippen molar-refractivity contribution in [2.45, 2.75) is 405 Å². The number of allylic oxidation sites excluding steroid dienone is 1. The third-order valence-electron chi connectivity index (χ3n) is 25.1. The van der Waals surface area contributed by atoms with Gasteiger partial charge in [-0.3, -0.25) is 4.90 Å². The van der Waals surface area contributed by atoms with Crippen molar-refractivity contribution in [1.29, 1.82) is 0 Å². The lowest BCUT2D eigenvalue weighted by Crippen LogP contribution is -2.50. The molecule has 4 aliphatic carbocycles. The molecule has 5 N–H and O–H groups in total. The van der Waals surface area contributed by atoms with Gasteiger partial charge in [-0.15, -0.1) is 12.3 Å². The first kappa shape index (κ1) is 122. The molecular weight excluding hydrogens is 1600 g/mol. The van der Waals surface area contributed by atoms with Crippen LogP contribution in [-0.2, 0) is 52.1 Å². The van der Waals surface area contributed by atoms with E-state index in [-0.39, 0.29) is 67.7 Å². The van der Waals surface area contributed by atoms with Crippen LogP contribution in [0.15, 0.2) is 24.4 Å². The molecule has 1 spiro atoms. The molecule has 0 amide bonds. The zero-order valence-corrected chi connectivity index (χ0v) is 90.7. The van der Waals surface area contributed by atoms with Gasteiger partial charge in [0, 0.05) is 117 Å². The molecule has 0 radical (unpaired) electrons. The lowest BCUT2D eigenvalue weighted by atomic mass is 9.69. The highest BCUT2D eigenvalue weighted by molar-refractivity contribution is 5.05. The fourth-order valence-corrected chi connectivity index (χ4v) is 16.2. The number of rotatable bonds is 24. The molecule has 10 fully saturated rings. The third kappa shape index (κ3) is 67.3. The Morgan fingerprint density at radius 1 is 0.453 bits per heavy atom. The van der Waals surface area contributed by atoms with Crippen LogP contribution in [0.4, 0.5) is 0 Å². The molecule has 6 saturated heterocycles. The Balaban J connectivity index is 0.000000489. The summed E-state index contributed by atoms with van der Waals surface area (Å²) in [5, 5.41) is 17.8. The highest BCUT2D eigenvalue weighted by Gasteiger charge is 2.42. The van der Waals surface area contributed by atoms with Crippen LogP contribution < -0.4 is 26.6 Å². The summed E-state index contributed by atoms with van der Waals surface area (Å²) >= 11 is 0. The van der Waals surface area contributed by atoms with Crippen molar-refractivity contribution in [3.05, 3.63) is 24.4 Å². The normalized spacial score (nSPS) is 24.7. The predicted octanol–water partition coefficient (Wildman–Crippen LogP) is 20.4. The molecular formula is C108H215N9O11. The van der Waals surface area contributed by atoms with Crippen molar-refractivity contribution in [2.24, 2.45) is 51.8 Å². The van der Waals surface area contributed by atoms with Crippen molar-refractivity contribution in [3.8, 4) is 12.3 Å². The number of terminal acetylenes is 1. The van der Waals surface area contributed by atoms with E-state index in [1.807, 2.05) is 20.8 Å². The monoisotopic (exact) mass is 1810 g/mol. The zero-order chi connectivity index (χ0) is 96.9. The van der Waals surface area contributed by atoms with E-state index in [2.05, 4.69) is 273 Å². The second-order valence-electron chi connectivity index (χ2n) is 50.2. The van der Waals surface area contributed by atoms with Gasteiger partial charge < -0.3 is 93.4 Å². The minimum Gasteiger partial charge on any atom is -0.383 e. The first-order valence-electron chi connectivity index (χ1n) is 51.0. The summed E-state index contributed by atoms with van der Waals surface area (Å²) in [5.41, 5.74) is 5.08. The van der Waals surface area contributed by atoms with Gasteiger partial charge in [-0.05, 0) is 417 Å². The highest BCUT2D eigenvalue weighted by Crippen LogP contribution is 2.44. The molecule has 20 nitrogen and oxygen atoms in total. The van der Waals surface area contributed by atoms with Crippen LogP contribution in [-0.4, -0.2) is 294 Å². The number of piperidine rings is 1. The molecule has 10 aliphatic rings. The molecule has 0 bridgehead atoms. The maximum Gasteiger partial charge on any atom is 0.104 e. The highest BCUT2D eigenvalue weighted by atomic mass is 16.6. The summed E-state index contributed by atoms with van der Waals surface area (Å²) in [7, 11) is 8.09. The van der Waals surface area contributed by atoms with Crippen molar-refractivity contribution in [2.75, 3.05) is 206 Å². The molecule has 10 rings (SSSR count). The van der Waals surface area contributed by atoms with Crippen LogP contribution in [0, 0.1) is 64.1 Å². The Labute approximate surface area is 792 Å². The number of hydrogen-bond donors (Lipinski definition) is 5. The molecule has 0 aromatic carbocycles. The third-order valence-corrected chi connectivity index (χ3v) is 25.1. The summed E-state index contributed by atoms with van der Waals surface area (Å²) in [4.78, 5) is 9.30. The Bertz CT molecular complexity index is 2820. The summed E-state index contributed by atoms with van der Waals surface area (Å²) in [6.07, 6.45) is 32.4. The number of methoxy groups -OCH3 is 1. The second-order valence-corrected chi connectivity index (χ2v) is 50.2. The Morgan fingerprint density at radius 3 is 1.26 bits per heavy atom. The summed E-state index contributed by atoms with van der Waals surface area (Å²) < 4.78 is 60.8. The van der Waals surface area contributed by atoms with Crippen molar-refractivity contribution < 1.29 is 52.1 Å². The first-order valence-corrected chi connectivity index (χ1v) is 51.0. The summed E-state index contributed by atoms with van der Waals surface area (Å²) in [6, 6.07) is 0. The maximum absolute atomic E-state index is 5.80. The minimum absolute atomic E-state index is 0.0122. The quantitative estimate of drug-likeness (QED) is 0.0455.